The van der Waals surface area contributed by atoms with Crippen LogP contribution in [0, 0.1) is 5.92 Å². The van der Waals surface area contributed by atoms with Crippen LogP contribution in [0.1, 0.15) is 25.0 Å². The summed E-state index contributed by atoms with van der Waals surface area (Å²) in [4.78, 5) is 11.7. The van der Waals surface area contributed by atoms with E-state index in [0.29, 0.717) is 13.1 Å². The highest BCUT2D eigenvalue weighted by Gasteiger charge is 2.11. The predicted octanol–water partition coefficient (Wildman–Crippen LogP) is 1.47. The zero-order valence-electron chi connectivity index (χ0n) is 11.3. The van der Waals surface area contributed by atoms with Crippen LogP contribution in [0.4, 0.5) is 0 Å². The van der Waals surface area contributed by atoms with Gasteiger partial charge in [0.05, 0.1) is 7.11 Å². The lowest BCUT2D eigenvalue weighted by Crippen LogP contribution is -2.32. The Morgan fingerprint density at radius 2 is 2.22 bits per heavy atom. The first-order chi connectivity index (χ1) is 8.62. The van der Waals surface area contributed by atoms with Crippen LogP contribution in [0.15, 0.2) is 18.2 Å². The molecular formula is C14H22N2O2. The number of carbonyl (C=O) groups is 1. The van der Waals surface area contributed by atoms with E-state index >= 15 is 0 Å². The highest BCUT2D eigenvalue weighted by Crippen LogP contribution is 2.20. The summed E-state index contributed by atoms with van der Waals surface area (Å²) in [7, 11) is 1.63. The third kappa shape index (κ3) is 3.74. The van der Waals surface area contributed by atoms with Crippen molar-refractivity contribution in [2.45, 2.75) is 26.8 Å². The quantitative estimate of drug-likeness (QED) is 0.803. The third-order valence-corrected chi connectivity index (χ3v) is 3.01. The van der Waals surface area contributed by atoms with E-state index in [1.54, 1.807) is 7.11 Å². The summed E-state index contributed by atoms with van der Waals surface area (Å²) in [6, 6.07) is 6.03. The zero-order chi connectivity index (χ0) is 13.5. The van der Waals surface area contributed by atoms with Crippen molar-refractivity contribution >= 4 is 5.91 Å². The van der Waals surface area contributed by atoms with Gasteiger partial charge in [-0.3, -0.25) is 4.79 Å². The first-order valence-electron chi connectivity index (χ1n) is 6.25. The number of aryl methyl sites for hydroxylation is 1. The number of hydrogen-bond acceptors (Lipinski definition) is 3. The molecule has 0 heterocycles. The third-order valence-electron chi connectivity index (χ3n) is 3.01. The number of ether oxygens (including phenoxy) is 1. The van der Waals surface area contributed by atoms with E-state index in [0.717, 1.165) is 17.7 Å². The van der Waals surface area contributed by atoms with Crippen LogP contribution in [-0.2, 0) is 17.8 Å². The lowest BCUT2D eigenvalue weighted by molar-refractivity contribution is -0.124. The maximum atomic E-state index is 11.7. The topological polar surface area (TPSA) is 64.3 Å². The molecule has 0 saturated heterocycles. The van der Waals surface area contributed by atoms with Gasteiger partial charge in [0.15, 0.2) is 0 Å². The van der Waals surface area contributed by atoms with Gasteiger partial charge in [0.1, 0.15) is 5.75 Å². The number of amides is 1. The molecule has 1 atom stereocenters. The van der Waals surface area contributed by atoms with Gasteiger partial charge >= 0.3 is 0 Å². The monoisotopic (exact) mass is 250 g/mol. The molecule has 4 heteroatoms. The molecule has 1 aromatic rings. The van der Waals surface area contributed by atoms with E-state index < -0.39 is 0 Å². The Bertz CT molecular complexity index is 405. The average molecular weight is 250 g/mol. The van der Waals surface area contributed by atoms with Crippen molar-refractivity contribution < 1.29 is 9.53 Å². The van der Waals surface area contributed by atoms with Gasteiger partial charge in [-0.25, -0.2) is 0 Å². The summed E-state index contributed by atoms with van der Waals surface area (Å²) < 4.78 is 5.29. The van der Waals surface area contributed by atoms with Crippen molar-refractivity contribution in [3.8, 4) is 5.75 Å². The Morgan fingerprint density at radius 3 is 2.78 bits per heavy atom. The highest BCUT2D eigenvalue weighted by molar-refractivity contribution is 5.78. The minimum absolute atomic E-state index is 0.0264. The second-order valence-corrected chi connectivity index (χ2v) is 4.35. The van der Waals surface area contributed by atoms with E-state index in [1.807, 2.05) is 19.1 Å². The molecule has 18 heavy (non-hydrogen) atoms. The van der Waals surface area contributed by atoms with Crippen molar-refractivity contribution in [3.05, 3.63) is 29.3 Å². The van der Waals surface area contributed by atoms with Crippen LogP contribution in [0.2, 0.25) is 0 Å². The fourth-order valence-corrected chi connectivity index (χ4v) is 1.65. The molecule has 3 N–H and O–H groups in total. The van der Waals surface area contributed by atoms with Gasteiger partial charge in [-0.2, -0.15) is 0 Å². The number of hydrogen-bond donors (Lipinski definition) is 2. The fraction of sp³-hybridized carbons (Fsp3) is 0.500. The van der Waals surface area contributed by atoms with Crippen LogP contribution in [0.25, 0.3) is 0 Å². The van der Waals surface area contributed by atoms with E-state index in [1.165, 1.54) is 5.56 Å². The second-order valence-electron chi connectivity index (χ2n) is 4.35. The van der Waals surface area contributed by atoms with Crippen molar-refractivity contribution in [2.24, 2.45) is 11.7 Å². The van der Waals surface area contributed by atoms with Gasteiger partial charge in [0, 0.05) is 24.6 Å². The average Bonchev–Trinajstić information content (AvgIpc) is 2.43. The van der Waals surface area contributed by atoms with Gasteiger partial charge < -0.3 is 15.8 Å². The molecule has 4 nitrogen and oxygen atoms in total. The van der Waals surface area contributed by atoms with Crippen molar-refractivity contribution in [1.82, 2.24) is 5.32 Å². The number of nitrogens with one attached hydrogen (secondary N) is 1. The molecule has 0 aromatic heterocycles. The first kappa shape index (κ1) is 14.5. The minimum atomic E-state index is -0.162. The van der Waals surface area contributed by atoms with Gasteiger partial charge in [-0.1, -0.05) is 26.0 Å². The summed E-state index contributed by atoms with van der Waals surface area (Å²) in [5.41, 5.74) is 7.68. The Morgan fingerprint density at radius 1 is 1.50 bits per heavy atom. The van der Waals surface area contributed by atoms with E-state index in [4.69, 9.17) is 10.5 Å². The molecule has 0 aliphatic carbocycles. The van der Waals surface area contributed by atoms with Crippen LogP contribution >= 0.6 is 0 Å². The standard InChI is InChI=1S/C14H22N2O2/c1-4-11-5-6-13(18-3)12(7-11)9-16-14(17)10(2)8-15/h5-7,10H,4,8-9,15H2,1-3H3,(H,16,17). The molecule has 1 amide bonds. The Hall–Kier alpha value is -1.55. The fourth-order valence-electron chi connectivity index (χ4n) is 1.65. The van der Waals surface area contributed by atoms with Crippen molar-refractivity contribution in [3.63, 3.8) is 0 Å². The Kier molecular flexibility index (Phi) is 5.65. The Balaban J connectivity index is 2.73. The van der Waals surface area contributed by atoms with E-state index in [9.17, 15) is 4.79 Å². The lowest BCUT2D eigenvalue weighted by Gasteiger charge is -2.13. The number of benzene rings is 1. The lowest BCUT2D eigenvalue weighted by atomic mass is 10.1. The van der Waals surface area contributed by atoms with Crippen LogP contribution in [0.5, 0.6) is 5.75 Å². The molecule has 0 aliphatic rings. The largest absolute Gasteiger partial charge is 0.496 e. The molecule has 1 rings (SSSR count). The molecule has 1 unspecified atom stereocenters. The van der Waals surface area contributed by atoms with E-state index in [2.05, 4.69) is 18.3 Å². The molecule has 0 aliphatic heterocycles. The van der Waals surface area contributed by atoms with Gasteiger partial charge in [0.25, 0.3) is 0 Å². The summed E-state index contributed by atoms with van der Waals surface area (Å²) in [5, 5.41) is 2.88. The zero-order valence-corrected chi connectivity index (χ0v) is 11.3. The van der Waals surface area contributed by atoms with Crippen LogP contribution < -0.4 is 15.8 Å². The summed E-state index contributed by atoms with van der Waals surface area (Å²) >= 11 is 0. The number of nitrogens with two attached hydrogens (primary N) is 1. The van der Waals surface area contributed by atoms with Gasteiger partial charge in [-0.15, -0.1) is 0 Å². The van der Waals surface area contributed by atoms with Crippen LogP contribution in [-0.4, -0.2) is 19.6 Å². The normalized spacial score (nSPS) is 12.0. The number of carbonyl (C=O) groups excluding carboxylic acids is 1. The molecule has 0 radical (unpaired) electrons. The number of methoxy groups -OCH3 is 1. The summed E-state index contributed by atoms with van der Waals surface area (Å²) in [6.45, 7) is 4.74. The Labute approximate surface area is 109 Å². The smallest absolute Gasteiger partial charge is 0.224 e. The molecule has 0 spiro atoms. The van der Waals surface area contributed by atoms with Gasteiger partial charge in [0.2, 0.25) is 5.91 Å². The second kappa shape index (κ2) is 7.01. The predicted molar refractivity (Wildman–Crippen MR) is 72.4 cm³/mol. The first-order valence-corrected chi connectivity index (χ1v) is 6.25. The van der Waals surface area contributed by atoms with Crippen molar-refractivity contribution in [2.75, 3.05) is 13.7 Å². The van der Waals surface area contributed by atoms with Crippen LogP contribution in [0.3, 0.4) is 0 Å². The van der Waals surface area contributed by atoms with E-state index in [-0.39, 0.29) is 11.8 Å². The van der Waals surface area contributed by atoms with Gasteiger partial charge in [-0.05, 0) is 18.1 Å². The molecule has 1 aromatic carbocycles. The maximum absolute atomic E-state index is 11.7. The molecule has 0 saturated carbocycles. The SMILES string of the molecule is CCc1ccc(OC)c(CNC(=O)C(C)CN)c1. The summed E-state index contributed by atoms with van der Waals surface area (Å²) in [5.74, 6) is 0.611. The molecule has 0 fully saturated rings. The highest BCUT2D eigenvalue weighted by atomic mass is 16.5. The molecule has 0 bridgehead atoms. The molecule has 100 valence electrons. The van der Waals surface area contributed by atoms with Crippen molar-refractivity contribution in [1.29, 1.82) is 0 Å². The molecular weight excluding hydrogens is 228 g/mol. The number of rotatable bonds is 6. The maximum Gasteiger partial charge on any atom is 0.224 e. The summed E-state index contributed by atoms with van der Waals surface area (Å²) in [6.07, 6.45) is 0.962. The minimum Gasteiger partial charge on any atom is -0.496 e.